The molecule has 0 aromatic heterocycles. The Morgan fingerprint density at radius 2 is 1.83 bits per heavy atom. The molecule has 0 saturated heterocycles. The third-order valence-corrected chi connectivity index (χ3v) is 3.84. The summed E-state index contributed by atoms with van der Waals surface area (Å²) in [6.07, 6.45) is 0.476. The van der Waals surface area contributed by atoms with Crippen LogP contribution in [0.3, 0.4) is 0 Å². The zero-order chi connectivity index (χ0) is 13.9. The van der Waals surface area contributed by atoms with E-state index in [2.05, 4.69) is 6.07 Å². The Morgan fingerprint density at radius 1 is 1.22 bits per heavy atom. The molecule has 1 aromatic carbocycles. The van der Waals surface area contributed by atoms with Gasteiger partial charge in [0.15, 0.2) is 0 Å². The minimum atomic E-state index is 0.476. The van der Waals surface area contributed by atoms with E-state index in [0.29, 0.717) is 13.0 Å². The average molecular weight is 267 g/mol. The highest BCUT2D eigenvalue weighted by Gasteiger charge is 2.19. The maximum Gasteiger partial charge on any atom is 0.145 e. The maximum absolute atomic E-state index is 8.68. The van der Waals surface area contributed by atoms with Crippen LogP contribution in [0, 0.1) is 32.1 Å². The molecule has 0 aliphatic heterocycles. The van der Waals surface area contributed by atoms with E-state index < -0.39 is 0 Å². The van der Waals surface area contributed by atoms with E-state index >= 15 is 0 Å². The van der Waals surface area contributed by atoms with Crippen molar-refractivity contribution >= 4 is 17.3 Å². The molecule has 0 saturated carbocycles. The molecular weight excluding hydrogens is 248 g/mol. The lowest BCUT2D eigenvalue weighted by molar-refractivity contribution is 0.411. The fourth-order valence-corrected chi connectivity index (χ4v) is 2.34. The molecule has 0 atom stereocenters. The summed E-state index contributed by atoms with van der Waals surface area (Å²) < 4.78 is 5.51. The standard InChI is InChI=1S/C14H19ClN2O/c1-9-10(2)14(18-5)13(11(3)12(9)15)17(4)8-6-7-16/h6,8H2,1-5H3. The summed E-state index contributed by atoms with van der Waals surface area (Å²) in [5.41, 5.74) is 4.06. The SMILES string of the molecule is COc1c(C)c(C)c(Cl)c(C)c1N(C)CCC#N. The summed E-state index contributed by atoms with van der Waals surface area (Å²) in [6, 6.07) is 2.15. The van der Waals surface area contributed by atoms with Crippen molar-refractivity contribution in [3.63, 3.8) is 0 Å². The first-order valence-corrected chi connectivity index (χ1v) is 6.24. The molecular formula is C14H19ClN2O. The van der Waals surface area contributed by atoms with Gasteiger partial charge in [0, 0.05) is 18.6 Å². The Hall–Kier alpha value is -1.40. The zero-order valence-corrected chi connectivity index (χ0v) is 12.4. The monoisotopic (exact) mass is 266 g/mol. The number of ether oxygens (including phenoxy) is 1. The normalized spacial score (nSPS) is 10.1. The van der Waals surface area contributed by atoms with Gasteiger partial charge in [-0.15, -0.1) is 0 Å². The summed E-state index contributed by atoms with van der Waals surface area (Å²) in [4.78, 5) is 2.02. The lowest BCUT2D eigenvalue weighted by atomic mass is 10.0. The van der Waals surface area contributed by atoms with Crippen LogP contribution in [0.15, 0.2) is 0 Å². The molecule has 0 radical (unpaired) electrons. The molecule has 0 spiro atoms. The van der Waals surface area contributed by atoms with Crippen molar-refractivity contribution in [3.05, 3.63) is 21.7 Å². The van der Waals surface area contributed by atoms with Gasteiger partial charge in [-0.1, -0.05) is 11.6 Å². The van der Waals surface area contributed by atoms with E-state index in [1.165, 1.54) is 0 Å². The van der Waals surface area contributed by atoms with Crippen molar-refractivity contribution < 1.29 is 4.74 Å². The lowest BCUT2D eigenvalue weighted by Gasteiger charge is -2.26. The number of nitriles is 1. The van der Waals surface area contributed by atoms with Crippen molar-refractivity contribution in [2.75, 3.05) is 25.6 Å². The van der Waals surface area contributed by atoms with Crippen molar-refractivity contribution in [2.24, 2.45) is 0 Å². The van der Waals surface area contributed by atoms with Gasteiger partial charge in [-0.2, -0.15) is 5.26 Å². The number of methoxy groups -OCH3 is 1. The van der Waals surface area contributed by atoms with E-state index in [1.807, 2.05) is 32.7 Å². The fraction of sp³-hybridized carbons (Fsp3) is 0.500. The number of anilines is 1. The molecule has 0 aliphatic carbocycles. The van der Waals surface area contributed by atoms with Gasteiger partial charge in [-0.05, 0) is 37.5 Å². The molecule has 3 nitrogen and oxygen atoms in total. The smallest absolute Gasteiger partial charge is 0.145 e. The third kappa shape index (κ3) is 2.54. The molecule has 0 unspecified atom stereocenters. The number of hydrogen-bond acceptors (Lipinski definition) is 3. The molecule has 0 aliphatic rings. The van der Waals surface area contributed by atoms with Gasteiger partial charge in [0.2, 0.25) is 0 Å². The van der Waals surface area contributed by atoms with Gasteiger partial charge >= 0.3 is 0 Å². The van der Waals surface area contributed by atoms with Gasteiger partial charge in [-0.3, -0.25) is 0 Å². The predicted molar refractivity (Wildman–Crippen MR) is 75.7 cm³/mol. The molecule has 4 heteroatoms. The number of rotatable bonds is 4. The van der Waals surface area contributed by atoms with Crippen molar-refractivity contribution in [1.82, 2.24) is 0 Å². The van der Waals surface area contributed by atoms with Gasteiger partial charge in [0.05, 0.1) is 25.3 Å². The van der Waals surface area contributed by atoms with Gasteiger partial charge in [-0.25, -0.2) is 0 Å². The number of halogens is 1. The Morgan fingerprint density at radius 3 is 2.33 bits per heavy atom. The van der Waals surface area contributed by atoms with Crippen LogP contribution in [0.4, 0.5) is 5.69 Å². The Kier molecular flexibility index (Phi) is 4.86. The first-order chi connectivity index (χ1) is 8.45. The first-order valence-electron chi connectivity index (χ1n) is 5.87. The van der Waals surface area contributed by atoms with Crippen LogP contribution in [0.2, 0.25) is 5.02 Å². The number of benzene rings is 1. The minimum Gasteiger partial charge on any atom is -0.494 e. The quantitative estimate of drug-likeness (QED) is 0.835. The van der Waals surface area contributed by atoms with Gasteiger partial charge < -0.3 is 9.64 Å². The molecule has 98 valence electrons. The van der Waals surface area contributed by atoms with Crippen molar-refractivity contribution in [1.29, 1.82) is 5.26 Å². The molecule has 0 heterocycles. The third-order valence-electron chi connectivity index (χ3n) is 3.28. The van der Waals surface area contributed by atoms with Crippen LogP contribution >= 0.6 is 11.6 Å². The first kappa shape index (κ1) is 14.7. The van der Waals surface area contributed by atoms with Crippen molar-refractivity contribution in [3.8, 4) is 11.8 Å². The molecule has 0 amide bonds. The summed E-state index contributed by atoms with van der Waals surface area (Å²) in [5.74, 6) is 0.842. The second-order valence-corrected chi connectivity index (χ2v) is 4.78. The maximum atomic E-state index is 8.68. The average Bonchev–Trinajstić information content (AvgIpc) is 2.37. The minimum absolute atomic E-state index is 0.476. The van der Waals surface area contributed by atoms with E-state index in [-0.39, 0.29) is 0 Å². The largest absolute Gasteiger partial charge is 0.494 e. The van der Waals surface area contributed by atoms with Crippen LogP contribution in [0.1, 0.15) is 23.1 Å². The Balaban J connectivity index is 3.38. The van der Waals surface area contributed by atoms with E-state index in [9.17, 15) is 0 Å². The highest BCUT2D eigenvalue weighted by Crippen LogP contribution is 2.41. The summed E-state index contributed by atoms with van der Waals surface area (Å²) in [5, 5.41) is 9.45. The van der Waals surface area contributed by atoms with Crippen LogP contribution in [0.5, 0.6) is 5.75 Å². The zero-order valence-electron chi connectivity index (χ0n) is 11.6. The predicted octanol–water partition coefficient (Wildman–Crippen LogP) is 3.62. The number of nitrogens with zero attached hydrogens (tertiary/aromatic N) is 2. The van der Waals surface area contributed by atoms with Crippen LogP contribution in [0.25, 0.3) is 0 Å². The Bertz CT molecular complexity index is 492. The van der Waals surface area contributed by atoms with Crippen LogP contribution < -0.4 is 9.64 Å². The highest BCUT2D eigenvalue weighted by molar-refractivity contribution is 6.32. The molecule has 1 aromatic rings. The van der Waals surface area contributed by atoms with Gasteiger partial charge in [0.1, 0.15) is 5.75 Å². The summed E-state index contributed by atoms with van der Waals surface area (Å²) in [6.45, 7) is 6.63. The van der Waals surface area contributed by atoms with E-state index in [0.717, 1.165) is 33.1 Å². The van der Waals surface area contributed by atoms with Gasteiger partial charge in [0.25, 0.3) is 0 Å². The lowest BCUT2D eigenvalue weighted by Crippen LogP contribution is -2.20. The fourth-order valence-electron chi connectivity index (χ4n) is 2.11. The highest BCUT2D eigenvalue weighted by atomic mass is 35.5. The van der Waals surface area contributed by atoms with E-state index in [1.54, 1.807) is 7.11 Å². The van der Waals surface area contributed by atoms with Crippen molar-refractivity contribution in [2.45, 2.75) is 27.2 Å². The molecule has 0 bridgehead atoms. The number of hydrogen-bond donors (Lipinski definition) is 0. The molecule has 18 heavy (non-hydrogen) atoms. The van der Waals surface area contributed by atoms with E-state index in [4.69, 9.17) is 21.6 Å². The summed E-state index contributed by atoms with van der Waals surface area (Å²) >= 11 is 6.35. The van der Waals surface area contributed by atoms with Crippen LogP contribution in [-0.4, -0.2) is 20.7 Å². The molecule has 1 rings (SSSR count). The summed E-state index contributed by atoms with van der Waals surface area (Å²) in [7, 11) is 3.62. The topological polar surface area (TPSA) is 36.3 Å². The van der Waals surface area contributed by atoms with Crippen LogP contribution in [-0.2, 0) is 0 Å². The second kappa shape index (κ2) is 5.97. The Labute approximate surface area is 114 Å². The second-order valence-electron chi connectivity index (χ2n) is 4.40. The molecule has 0 fully saturated rings. The molecule has 0 N–H and O–H groups in total.